The van der Waals surface area contributed by atoms with Crippen molar-refractivity contribution >= 4 is 39.1 Å². The normalized spacial score (nSPS) is 16.8. The smallest absolute Gasteiger partial charge is 0.260 e. The molecule has 0 atom stereocenters. The maximum atomic E-state index is 12.7. The van der Waals surface area contributed by atoms with Gasteiger partial charge in [-0.25, -0.2) is 4.98 Å². The minimum atomic E-state index is -0.0308. The minimum absolute atomic E-state index is 0.0101. The van der Waals surface area contributed by atoms with Gasteiger partial charge in [-0.05, 0) is 55.5 Å². The zero-order valence-electron chi connectivity index (χ0n) is 17.7. The third kappa shape index (κ3) is 4.53. The molecule has 3 heterocycles. The van der Waals surface area contributed by atoms with Crippen LogP contribution in [0.4, 0.5) is 0 Å². The predicted molar refractivity (Wildman–Crippen MR) is 126 cm³/mol. The first kappa shape index (κ1) is 21.4. The number of benzene rings is 1. The summed E-state index contributed by atoms with van der Waals surface area (Å²) in [5.74, 6) is 1.30. The Bertz CT molecular complexity index is 1180. The zero-order chi connectivity index (χ0) is 22.1. The quantitative estimate of drug-likeness (QED) is 0.616. The van der Waals surface area contributed by atoms with Gasteiger partial charge in [-0.1, -0.05) is 11.6 Å². The number of hydrogen-bond donors (Lipinski definition) is 1. The van der Waals surface area contributed by atoms with E-state index in [0.29, 0.717) is 36.2 Å². The van der Waals surface area contributed by atoms with Crippen molar-refractivity contribution in [1.29, 1.82) is 0 Å². The van der Waals surface area contributed by atoms with Crippen molar-refractivity contribution in [3.05, 3.63) is 55.9 Å². The van der Waals surface area contributed by atoms with Gasteiger partial charge in [-0.3, -0.25) is 14.5 Å². The maximum absolute atomic E-state index is 12.7. The molecular formula is C23H25ClN4O3S. The van der Waals surface area contributed by atoms with Crippen LogP contribution in [0, 0.1) is 0 Å². The van der Waals surface area contributed by atoms with Crippen LogP contribution in [0.1, 0.15) is 29.1 Å². The largest absolute Gasteiger partial charge is 0.484 e. The predicted octanol–water partition coefficient (Wildman–Crippen LogP) is 3.24. The Labute approximate surface area is 195 Å². The molecule has 5 rings (SSSR count). The van der Waals surface area contributed by atoms with Crippen LogP contribution in [0.3, 0.4) is 0 Å². The van der Waals surface area contributed by atoms with E-state index in [-0.39, 0.29) is 18.1 Å². The fourth-order valence-corrected chi connectivity index (χ4v) is 5.82. The first-order valence-corrected chi connectivity index (χ1v) is 12.2. The molecule has 1 fully saturated rings. The number of rotatable bonds is 5. The number of hydrogen-bond acceptors (Lipinski definition) is 6. The third-order valence-corrected chi connectivity index (χ3v) is 7.59. The molecule has 0 saturated carbocycles. The molecule has 3 aromatic rings. The molecule has 2 aliphatic rings. The number of aromatic nitrogens is 2. The lowest BCUT2D eigenvalue weighted by atomic mass is 9.97. The molecule has 1 N–H and O–H groups in total. The summed E-state index contributed by atoms with van der Waals surface area (Å²) in [6.07, 6.45) is 4.38. The van der Waals surface area contributed by atoms with Crippen molar-refractivity contribution < 1.29 is 9.53 Å². The van der Waals surface area contributed by atoms with Gasteiger partial charge in [-0.15, -0.1) is 11.3 Å². The molecule has 7 nitrogen and oxygen atoms in total. The molecule has 1 aliphatic heterocycles. The van der Waals surface area contributed by atoms with E-state index in [4.69, 9.17) is 21.3 Å². The molecule has 1 amide bonds. The highest BCUT2D eigenvalue weighted by atomic mass is 35.5. The number of amides is 1. The summed E-state index contributed by atoms with van der Waals surface area (Å²) in [5.41, 5.74) is 1.20. The summed E-state index contributed by atoms with van der Waals surface area (Å²) in [5, 5.41) is 1.43. The van der Waals surface area contributed by atoms with Crippen LogP contribution < -0.4 is 10.3 Å². The van der Waals surface area contributed by atoms with Crippen LogP contribution in [0.2, 0.25) is 5.02 Å². The molecule has 1 aliphatic carbocycles. The molecular weight excluding hydrogens is 448 g/mol. The Morgan fingerprint density at radius 2 is 1.88 bits per heavy atom. The molecule has 1 aromatic carbocycles. The maximum Gasteiger partial charge on any atom is 0.260 e. The van der Waals surface area contributed by atoms with E-state index in [9.17, 15) is 9.59 Å². The van der Waals surface area contributed by atoms with Gasteiger partial charge in [0.1, 0.15) is 16.4 Å². The lowest BCUT2D eigenvalue weighted by molar-refractivity contribution is -0.135. The summed E-state index contributed by atoms with van der Waals surface area (Å²) < 4.78 is 5.58. The molecule has 0 bridgehead atoms. The van der Waals surface area contributed by atoms with Crippen LogP contribution in [-0.4, -0.2) is 58.5 Å². The standard InChI is InChI=1S/C23H25ClN4O3S/c24-15-5-7-16(8-6-15)31-14-20(29)28-11-9-27(10-12-28)13-19-25-22(30)21-17-3-1-2-4-18(17)32-23(21)26-19/h5-8H,1-4,9-14H2,(H,25,26,30). The van der Waals surface area contributed by atoms with Crippen LogP contribution in [0.25, 0.3) is 10.2 Å². The van der Waals surface area contributed by atoms with Crippen LogP contribution in [0.5, 0.6) is 5.75 Å². The van der Waals surface area contributed by atoms with Gasteiger partial charge in [0.15, 0.2) is 6.61 Å². The SMILES string of the molecule is O=C(COc1ccc(Cl)cc1)N1CCN(Cc2nc3sc4c(c3c(=O)[nH]2)CCCC4)CC1. The zero-order valence-corrected chi connectivity index (χ0v) is 19.3. The lowest BCUT2D eigenvalue weighted by Gasteiger charge is -2.34. The van der Waals surface area contributed by atoms with Gasteiger partial charge in [0.25, 0.3) is 11.5 Å². The van der Waals surface area contributed by atoms with Gasteiger partial charge >= 0.3 is 0 Å². The highest BCUT2D eigenvalue weighted by Gasteiger charge is 2.23. The first-order chi connectivity index (χ1) is 15.6. The summed E-state index contributed by atoms with van der Waals surface area (Å²) in [6, 6.07) is 6.98. The van der Waals surface area contributed by atoms with Gasteiger partial charge in [0.05, 0.1) is 11.9 Å². The average Bonchev–Trinajstić information content (AvgIpc) is 3.18. The minimum Gasteiger partial charge on any atom is -0.484 e. The average molecular weight is 473 g/mol. The highest BCUT2D eigenvalue weighted by molar-refractivity contribution is 7.18. The fourth-order valence-electron chi connectivity index (χ4n) is 4.42. The van der Waals surface area contributed by atoms with Crippen molar-refractivity contribution in [2.24, 2.45) is 0 Å². The highest BCUT2D eigenvalue weighted by Crippen LogP contribution is 2.33. The number of ether oxygens (including phenoxy) is 1. The van der Waals surface area contributed by atoms with Gasteiger partial charge in [-0.2, -0.15) is 0 Å². The molecule has 2 aromatic heterocycles. The Morgan fingerprint density at radius 1 is 1.12 bits per heavy atom. The molecule has 168 valence electrons. The topological polar surface area (TPSA) is 78.5 Å². The van der Waals surface area contributed by atoms with Crippen molar-refractivity contribution in [2.45, 2.75) is 32.2 Å². The van der Waals surface area contributed by atoms with Crippen LogP contribution in [-0.2, 0) is 24.2 Å². The second kappa shape index (κ2) is 9.21. The van der Waals surface area contributed by atoms with E-state index in [0.717, 1.165) is 42.6 Å². The fraction of sp³-hybridized carbons (Fsp3) is 0.435. The number of nitrogens with one attached hydrogen (secondary N) is 1. The van der Waals surface area contributed by atoms with Crippen LogP contribution >= 0.6 is 22.9 Å². The summed E-state index contributed by atoms with van der Waals surface area (Å²) in [6.45, 7) is 3.31. The number of fused-ring (bicyclic) bond motifs is 3. The summed E-state index contributed by atoms with van der Waals surface area (Å²) >= 11 is 7.54. The Hall–Kier alpha value is -2.42. The van der Waals surface area contributed by atoms with Crippen molar-refractivity contribution in [1.82, 2.24) is 19.8 Å². The van der Waals surface area contributed by atoms with Crippen molar-refractivity contribution in [2.75, 3.05) is 32.8 Å². The summed E-state index contributed by atoms with van der Waals surface area (Å²) in [7, 11) is 0. The number of aryl methyl sites for hydroxylation is 2. The Kier molecular flexibility index (Phi) is 6.17. The molecule has 1 saturated heterocycles. The monoisotopic (exact) mass is 472 g/mol. The van der Waals surface area contributed by atoms with Crippen LogP contribution in [0.15, 0.2) is 29.1 Å². The second-order valence-corrected chi connectivity index (χ2v) is 9.82. The molecule has 0 radical (unpaired) electrons. The molecule has 9 heteroatoms. The van der Waals surface area contributed by atoms with Crippen molar-refractivity contribution in [3.8, 4) is 5.75 Å². The number of piperazine rings is 1. The number of thiophene rings is 1. The van der Waals surface area contributed by atoms with Crippen molar-refractivity contribution in [3.63, 3.8) is 0 Å². The second-order valence-electron chi connectivity index (χ2n) is 8.30. The molecule has 0 spiro atoms. The van der Waals surface area contributed by atoms with E-state index in [1.807, 2.05) is 4.90 Å². The van der Waals surface area contributed by atoms with E-state index in [2.05, 4.69) is 9.88 Å². The Balaban J connectivity index is 1.17. The number of H-pyrrole nitrogens is 1. The molecule has 0 unspecified atom stereocenters. The first-order valence-electron chi connectivity index (χ1n) is 11.0. The van der Waals surface area contributed by atoms with Gasteiger partial charge in [0.2, 0.25) is 0 Å². The Morgan fingerprint density at radius 3 is 2.66 bits per heavy atom. The lowest BCUT2D eigenvalue weighted by Crippen LogP contribution is -2.49. The number of carbonyl (C=O) groups excluding carboxylic acids is 1. The van der Waals surface area contributed by atoms with E-state index < -0.39 is 0 Å². The van der Waals surface area contributed by atoms with E-state index in [1.54, 1.807) is 35.6 Å². The summed E-state index contributed by atoms with van der Waals surface area (Å²) in [4.78, 5) is 39.2. The number of nitrogens with zero attached hydrogens (tertiary/aromatic N) is 3. The number of halogens is 1. The number of carbonyl (C=O) groups is 1. The number of aromatic amines is 1. The van der Waals surface area contributed by atoms with E-state index >= 15 is 0 Å². The van der Waals surface area contributed by atoms with Gasteiger partial charge in [0, 0.05) is 36.1 Å². The van der Waals surface area contributed by atoms with E-state index in [1.165, 1.54) is 16.9 Å². The molecule has 32 heavy (non-hydrogen) atoms. The van der Waals surface area contributed by atoms with Gasteiger partial charge < -0.3 is 14.6 Å². The third-order valence-electron chi connectivity index (χ3n) is 6.15.